The van der Waals surface area contributed by atoms with Crippen molar-refractivity contribution in [3.05, 3.63) is 41.2 Å². The van der Waals surface area contributed by atoms with E-state index in [1.807, 2.05) is 0 Å². The van der Waals surface area contributed by atoms with Gasteiger partial charge in [-0.3, -0.25) is 15.0 Å². The SMILES string of the molecule is COC1CCCC1Nc1cc(NC(=O)N2c3nc(C=O)ccc3C3(N)CC2C3)ncc1C#N. The van der Waals surface area contributed by atoms with Gasteiger partial charge in [0.25, 0.3) is 0 Å². The average molecular weight is 447 g/mol. The Morgan fingerprint density at radius 1 is 1.39 bits per heavy atom. The Bertz CT molecular complexity index is 1160. The molecule has 2 aliphatic carbocycles. The van der Waals surface area contributed by atoms with Crippen molar-refractivity contribution in [3.63, 3.8) is 0 Å². The molecule has 2 atom stereocenters. The van der Waals surface area contributed by atoms with E-state index in [4.69, 9.17) is 10.5 Å². The summed E-state index contributed by atoms with van der Waals surface area (Å²) in [5.74, 6) is 0.716. The molecule has 4 heterocycles. The Balaban J connectivity index is 1.40. The first-order valence-electron chi connectivity index (χ1n) is 11.0. The summed E-state index contributed by atoms with van der Waals surface area (Å²) in [6.07, 6.45) is 6.35. The van der Waals surface area contributed by atoms with Crippen LogP contribution >= 0.6 is 0 Å². The highest BCUT2D eigenvalue weighted by molar-refractivity contribution is 6.03. The molecule has 2 aromatic heterocycles. The number of hydrogen-bond donors (Lipinski definition) is 3. The fourth-order valence-corrected chi connectivity index (χ4v) is 5.19. The van der Waals surface area contributed by atoms with Crippen LogP contribution in [0.2, 0.25) is 0 Å². The zero-order valence-electron chi connectivity index (χ0n) is 18.2. The molecule has 10 heteroatoms. The van der Waals surface area contributed by atoms with Crippen molar-refractivity contribution in [1.82, 2.24) is 9.97 Å². The third-order valence-corrected chi connectivity index (χ3v) is 6.92. The third kappa shape index (κ3) is 3.59. The minimum atomic E-state index is -0.520. The zero-order valence-corrected chi connectivity index (χ0v) is 18.2. The molecule has 2 bridgehead atoms. The van der Waals surface area contributed by atoms with Crippen molar-refractivity contribution >= 4 is 29.6 Å². The summed E-state index contributed by atoms with van der Waals surface area (Å²) < 4.78 is 5.54. The van der Waals surface area contributed by atoms with Crippen LogP contribution in [-0.2, 0) is 10.3 Å². The summed E-state index contributed by atoms with van der Waals surface area (Å²) in [7, 11) is 1.69. The highest BCUT2D eigenvalue weighted by atomic mass is 16.5. The highest BCUT2D eigenvalue weighted by Gasteiger charge is 2.54. The lowest BCUT2D eigenvalue weighted by Crippen LogP contribution is -2.65. The molecule has 6 rings (SSSR count). The predicted molar refractivity (Wildman–Crippen MR) is 121 cm³/mol. The van der Waals surface area contributed by atoms with Crippen LogP contribution in [-0.4, -0.2) is 47.6 Å². The van der Waals surface area contributed by atoms with Crippen molar-refractivity contribution in [2.24, 2.45) is 5.73 Å². The highest BCUT2D eigenvalue weighted by Crippen LogP contribution is 2.51. The van der Waals surface area contributed by atoms with Gasteiger partial charge in [0.05, 0.1) is 23.4 Å². The number of nitrogens with one attached hydrogen (secondary N) is 2. The van der Waals surface area contributed by atoms with Crippen molar-refractivity contribution in [1.29, 1.82) is 5.26 Å². The number of carbonyl (C=O) groups is 2. The summed E-state index contributed by atoms with van der Waals surface area (Å²) in [5, 5.41) is 15.7. The molecule has 33 heavy (non-hydrogen) atoms. The molecule has 2 fully saturated rings. The molecule has 4 N–H and O–H groups in total. The number of amides is 2. The number of ether oxygens (including phenoxy) is 1. The Morgan fingerprint density at radius 2 is 2.21 bits per heavy atom. The van der Waals surface area contributed by atoms with Crippen LogP contribution in [0.5, 0.6) is 0 Å². The van der Waals surface area contributed by atoms with Crippen LogP contribution in [0.15, 0.2) is 24.4 Å². The number of anilines is 3. The number of aldehydes is 1. The number of aromatic nitrogens is 2. The molecule has 0 saturated heterocycles. The normalized spacial score (nSPS) is 27.2. The quantitative estimate of drug-likeness (QED) is 0.593. The Labute approximate surface area is 191 Å². The second-order valence-electron chi connectivity index (χ2n) is 8.93. The second kappa shape index (κ2) is 8.10. The molecule has 0 spiro atoms. The van der Waals surface area contributed by atoms with Crippen molar-refractivity contribution in [3.8, 4) is 6.07 Å². The van der Waals surface area contributed by atoms with Crippen LogP contribution in [0.3, 0.4) is 0 Å². The number of nitriles is 1. The van der Waals surface area contributed by atoms with E-state index in [0.29, 0.717) is 42.0 Å². The van der Waals surface area contributed by atoms with Gasteiger partial charge < -0.3 is 15.8 Å². The van der Waals surface area contributed by atoms with Gasteiger partial charge >= 0.3 is 6.03 Å². The van der Waals surface area contributed by atoms with Crippen LogP contribution in [0.25, 0.3) is 0 Å². The topological polar surface area (TPSA) is 146 Å². The van der Waals surface area contributed by atoms with E-state index < -0.39 is 11.6 Å². The largest absolute Gasteiger partial charge is 0.379 e. The fourth-order valence-electron chi connectivity index (χ4n) is 5.19. The van der Waals surface area contributed by atoms with E-state index >= 15 is 0 Å². The summed E-state index contributed by atoms with van der Waals surface area (Å²) in [4.78, 5) is 34.7. The van der Waals surface area contributed by atoms with Crippen LogP contribution in [0.1, 0.15) is 53.7 Å². The number of rotatable bonds is 5. The first-order valence-corrected chi connectivity index (χ1v) is 11.0. The summed E-state index contributed by atoms with van der Waals surface area (Å²) in [5.41, 5.74) is 7.93. The van der Waals surface area contributed by atoms with Crippen molar-refractivity contribution in [2.45, 2.75) is 55.8 Å². The van der Waals surface area contributed by atoms with Gasteiger partial charge in [0.15, 0.2) is 6.29 Å². The number of carbonyl (C=O) groups excluding carboxylic acids is 2. The van der Waals surface area contributed by atoms with Gasteiger partial charge in [-0.05, 0) is 38.2 Å². The molecule has 4 aliphatic rings. The Morgan fingerprint density at radius 3 is 2.94 bits per heavy atom. The van der Waals surface area contributed by atoms with Gasteiger partial charge in [0.2, 0.25) is 0 Å². The number of nitrogens with zero attached hydrogens (tertiary/aromatic N) is 4. The van der Waals surface area contributed by atoms with Gasteiger partial charge in [-0.25, -0.2) is 14.8 Å². The van der Waals surface area contributed by atoms with Gasteiger partial charge in [-0.15, -0.1) is 0 Å². The lowest BCUT2D eigenvalue weighted by Gasteiger charge is -2.55. The lowest BCUT2D eigenvalue weighted by molar-refractivity contribution is 0.101. The molecule has 2 aromatic rings. The molecule has 0 aromatic carbocycles. The van der Waals surface area contributed by atoms with E-state index in [-0.39, 0.29) is 23.9 Å². The molecule has 0 radical (unpaired) electrons. The summed E-state index contributed by atoms with van der Waals surface area (Å²) >= 11 is 0. The molecular weight excluding hydrogens is 422 g/mol. The summed E-state index contributed by atoms with van der Waals surface area (Å²) in [6, 6.07) is 6.77. The van der Waals surface area contributed by atoms with Gasteiger partial charge in [-0.1, -0.05) is 6.07 Å². The Kier molecular flexibility index (Phi) is 5.23. The Hall–Kier alpha value is -3.55. The molecule has 10 nitrogen and oxygen atoms in total. The fraction of sp³-hybridized carbons (Fsp3) is 0.435. The van der Waals surface area contributed by atoms with E-state index in [1.165, 1.54) is 6.20 Å². The summed E-state index contributed by atoms with van der Waals surface area (Å²) in [6.45, 7) is 0. The second-order valence-corrected chi connectivity index (χ2v) is 8.93. The van der Waals surface area contributed by atoms with Crippen LogP contribution in [0.4, 0.5) is 22.1 Å². The number of hydrogen-bond acceptors (Lipinski definition) is 8. The first kappa shape index (κ1) is 21.3. The van der Waals surface area contributed by atoms with Crippen molar-refractivity contribution in [2.75, 3.05) is 22.6 Å². The minimum absolute atomic E-state index is 0.0702. The van der Waals surface area contributed by atoms with E-state index in [9.17, 15) is 14.9 Å². The van der Waals surface area contributed by atoms with Gasteiger partial charge in [0, 0.05) is 36.5 Å². The average Bonchev–Trinajstić information content (AvgIpc) is 3.25. The predicted octanol–water partition coefficient (Wildman–Crippen LogP) is 2.51. The number of nitrogens with two attached hydrogens (primary N) is 1. The van der Waals surface area contributed by atoms with Gasteiger partial charge in [0.1, 0.15) is 23.4 Å². The van der Waals surface area contributed by atoms with Gasteiger partial charge in [-0.2, -0.15) is 5.26 Å². The molecule has 2 saturated carbocycles. The van der Waals surface area contributed by atoms with Crippen molar-refractivity contribution < 1.29 is 14.3 Å². The lowest BCUT2D eigenvalue weighted by atomic mass is 9.65. The van der Waals surface area contributed by atoms with E-state index in [1.54, 1.807) is 30.2 Å². The molecule has 2 aliphatic heterocycles. The molecule has 170 valence electrons. The molecule has 2 amide bonds. The molecule has 2 unspecified atom stereocenters. The monoisotopic (exact) mass is 447 g/mol. The number of pyridine rings is 2. The maximum atomic E-state index is 13.3. The third-order valence-electron chi connectivity index (χ3n) is 6.92. The standard InChI is InChI=1S/C23H25N7O3/c1-33-19-4-2-3-17(19)28-18-7-20(26-11-13(18)10-24)29-22(32)30-15-8-23(25,9-15)16-6-5-14(12-31)27-21(16)30/h5-7,11-12,15,17,19H,2-4,8-9,25H2,1H3,(H2,26,28,29,32). The maximum absolute atomic E-state index is 13.3. The zero-order chi connectivity index (χ0) is 23.2. The van der Waals surface area contributed by atoms with Crippen LogP contribution < -0.4 is 21.3 Å². The molecular formula is C23H25N7O3. The van der Waals surface area contributed by atoms with E-state index in [0.717, 1.165) is 24.8 Å². The minimum Gasteiger partial charge on any atom is -0.379 e. The number of methoxy groups -OCH3 is 1. The number of urea groups is 1. The maximum Gasteiger partial charge on any atom is 0.328 e. The first-order chi connectivity index (χ1) is 16.0. The smallest absolute Gasteiger partial charge is 0.328 e. The van der Waals surface area contributed by atoms with E-state index in [2.05, 4.69) is 26.7 Å². The van der Waals surface area contributed by atoms with Crippen LogP contribution in [0, 0.1) is 11.3 Å².